The molecule has 5 nitrogen and oxygen atoms in total. The van der Waals surface area contributed by atoms with Gasteiger partial charge in [0.2, 0.25) is 5.89 Å². The third-order valence-corrected chi connectivity index (χ3v) is 5.60. The van der Waals surface area contributed by atoms with E-state index in [0.717, 1.165) is 35.5 Å². The van der Waals surface area contributed by atoms with E-state index in [-0.39, 0.29) is 0 Å². The van der Waals surface area contributed by atoms with Gasteiger partial charge in [0.15, 0.2) is 0 Å². The highest BCUT2D eigenvalue weighted by atomic mass is 32.2. The first kappa shape index (κ1) is 16.3. The summed E-state index contributed by atoms with van der Waals surface area (Å²) < 4.78 is 7.91. The van der Waals surface area contributed by atoms with Gasteiger partial charge in [-0.2, -0.15) is 5.10 Å². The van der Waals surface area contributed by atoms with Crippen LogP contribution < -0.4 is 0 Å². The van der Waals surface area contributed by atoms with Crippen molar-refractivity contribution in [1.82, 2.24) is 20.0 Å². The van der Waals surface area contributed by atoms with Gasteiger partial charge in [-0.25, -0.2) is 4.68 Å². The number of nitrogens with zero attached hydrogens (tertiary/aromatic N) is 4. The molecule has 0 unspecified atom stereocenters. The molecule has 0 aliphatic heterocycles. The molecule has 5 rings (SSSR count). The molecule has 0 bridgehead atoms. The third kappa shape index (κ3) is 3.17. The second kappa shape index (κ2) is 7.04. The molecule has 134 valence electrons. The van der Waals surface area contributed by atoms with Gasteiger partial charge in [-0.05, 0) is 49.1 Å². The molecule has 0 amide bonds. The normalized spacial score (nSPS) is 13.0. The van der Waals surface area contributed by atoms with Crippen molar-refractivity contribution in [2.45, 2.75) is 30.2 Å². The molecule has 2 aromatic carbocycles. The van der Waals surface area contributed by atoms with Crippen LogP contribution in [-0.2, 0) is 18.6 Å². The highest BCUT2D eigenvalue weighted by Gasteiger charge is 2.23. The first-order valence-electron chi connectivity index (χ1n) is 9.05. The van der Waals surface area contributed by atoms with Crippen LogP contribution in [0.2, 0.25) is 0 Å². The minimum absolute atomic E-state index is 0.554. The summed E-state index contributed by atoms with van der Waals surface area (Å²) in [4.78, 5) is 0. The molecule has 0 N–H and O–H groups in total. The van der Waals surface area contributed by atoms with Gasteiger partial charge in [0, 0.05) is 17.0 Å². The summed E-state index contributed by atoms with van der Waals surface area (Å²) in [5.74, 6) is 1.29. The molecule has 0 atom stereocenters. The Morgan fingerprint density at radius 2 is 1.70 bits per heavy atom. The Morgan fingerprint density at radius 1 is 0.926 bits per heavy atom. The fourth-order valence-corrected chi connectivity index (χ4v) is 4.24. The molecule has 4 aromatic rings. The molecule has 27 heavy (non-hydrogen) atoms. The van der Waals surface area contributed by atoms with Gasteiger partial charge in [-0.1, -0.05) is 48.2 Å². The molecule has 1 aliphatic rings. The second-order valence-electron chi connectivity index (χ2n) is 6.50. The van der Waals surface area contributed by atoms with E-state index >= 15 is 0 Å². The first-order chi connectivity index (χ1) is 13.4. The van der Waals surface area contributed by atoms with Crippen LogP contribution in [0.25, 0.3) is 17.1 Å². The molecule has 0 saturated heterocycles. The van der Waals surface area contributed by atoms with Gasteiger partial charge in [-0.15, -0.1) is 10.2 Å². The maximum Gasteiger partial charge on any atom is 0.277 e. The number of hydrogen-bond donors (Lipinski definition) is 0. The van der Waals surface area contributed by atoms with E-state index in [1.54, 1.807) is 11.8 Å². The highest BCUT2D eigenvalue weighted by Crippen LogP contribution is 2.32. The van der Waals surface area contributed by atoms with Crippen LogP contribution in [0, 0.1) is 0 Å². The number of rotatable bonds is 5. The Bertz CT molecular complexity index is 1060. The minimum Gasteiger partial charge on any atom is -0.411 e. The number of para-hydroxylation sites is 1. The molecular formula is C21H18N4OS. The largest absolute Gasteiger partial charge is 0.411 e. The third-order valence-electron chi connectivity index (χ3n) is 4.77. The summed E-state index contributed by atoms with van der Waals surface area (Å²) in [6, 6.07) is 20.2. The van der Waals surface area contributed by atoms with E-state index in [1.165, 1.54) is 17.7 Å². The van der Waals surface area contributed by atoms with Crippen molar-refractivity contribution >= 4 is 11.8 Å². The summed E-state index contributed by atoms with van der Waals surface area (Å²) in [5.41, 5.74) is 5.90. The zero-order valence-corrected chi connectivity index (χ0v) is 15.5. The number of hydrogen-bond acceptors (Lipinski definition) is 5. The monoisotopic (exact) mass is 374 g/mol. The van der Waals surface area contributed by atoms with E-state index in [1.807, 2.05) is 36.4 Å². The van der Waals surface area contributed by atoms with Crippen LogP contribution in [0.1, 0.15) is 23.4 Å². The van der Waals surface area contributed by atoms with Crippen LogP contribution in [0.3, 0.4) is 0 Å². The van der Waals surface area contributed by atoms with Crippen molar-refractivity contribution in [3.63, 3.8) is 0 Å². The average molecular weight is 374 g/mol. The Balaban J connectivity index is 1.37. The number of thioether (sulfide) groups is 1. The lowest BCUT2D eigenvalue weighted by molar-refractivity contribution is 0.466. The van der Waals surface area contributed by atoms with Gasteiger partial charge < -0.3 is 4.42 Å². The van der Waals surface area contributed by atoms with Gasteiger partial charge in [-0.3, -0.25) is 0 Å². The summed E-state index contributed by atoms with van der Waals surface area (Å²) >= 11 is 1.55. The SMILES string of the molecule is c1ccc(-c2nnc(SCc3nn(-c4ccccc4)c4c3CCC4)o2)cc1. The van der Waals surface area contributed by atoms with Crippen LogP contribution >= 0.6 is 11.8 Å². The predicted octanol–water partition coefficient (Wildman–Crippen LogP) is 4.70. The lowest BCUT2D eigenvalue weighted by Crippen LogP contribution is -2.01. The number of benzene rings is 2. The maximum atomic E-state index is 5.81. The maximum absolute atomic E-state index is 5.81. The van der Waals surface area contributed by atoms with Gasteiger partial charge in [0.1, 0.15) is 0 Å². The van der Waals surface area contributed by atoms with Crippen molar-refractivity contribution in [3.8, 4) is 17.1 Å². The van der Waals surface area contributed by atoms with Crippen molar-refractivity contribution in [3.05, 3.63) is 77.6 Å². The average Bonchev–Trinajstić information content (AvgIpc) is 3.45. The molecule has 6 heteroatoms. The fraction of sp³-hybridized carbons (Fsp3) is 0.190. The Hall–Kier alpha value is -2.86. The summed E-state index contributed by atoms with van der Waals surface area (Å²) in [5, 5.41) is 13.8. The van der Waals surface area contributed by atoms with Gasteiger partial charge in [0.05, 0.1) is 11.4 Å². The Kier molecular flexibility index (Phi) is 4.26. The lowest BCUT2D eigenvalue weighted by Gasteiger charge is -2.04. The fourth-order valence-electron chi connectivity index (χ4n) is 3.51. The minimum atomic E-state index is 0.554. The van der Waals surface area contributed by atoms with Crippen molar-refractivity contribution in [2.24, 2.45) is 0 Å². The van der Waals surface area contributed by atoms with Crippen LogP contribution in [0.5, 0.6) is 0 Å². The van der Waals surface area contributed by atoms with E-state index in [2.05, 4.69) is 39.1 Å². The number of fused-ring (bicyclic) bond motifs is 1. The van der Waals surface area contributed by atoms with Crippen molar-refractivity contribution in [2.75, 3.05) is 0 Å². The highest BCUT2D eigenvalue weighted by molar-refractivity contribution is 7.98. The first-order valence-corrected chi connectivity index (χ1v) is 10.0. The van der Waals surface area contributed by atoms with Crippen molar-refractivity contribution < 1.29 is 4.42 Å². The van der Waals surface area contributed by atoms with Gasteiger partial charge in [0.25, 0.3) is 5.22 Å². The molecule has 0 spiro atoms. The van der Waals surface area contributed by atoms with Crippen LogP contribution in [0.15, 0.2) is 70.3 Å². The van der Waals surface area contributed by atoms with E-state index in [9.17, 15) is 0 Å². The second-order valence-corrected chi connectivity index (χ2v) is 7.43. The number of aromatic nitrogens is 4. The van der Waals surface area contributed by atoms with Gasteiger partial charge >= 0.3 is 0 Å². The summed E-state index contributed by atoms with van der Waals surface area (Å²) in [6.45, 7) is 0. The molecule has 1 aliphatic carbocycles. The lowest BCUT2D eigenvalue weighted by atomic mass is 10.2. The van der Waals surface area contributed by atoms with E-state index in [4.69, 9.17) is 9.52 Å². The quantitative estimate of drug-likeness (QED) is 0.474. The van der Waals surface area contributed by atoms with Crippen molar-refractivity contribution in [1.29, 1.82) is 0 Å². The zero-order chi connectivity index (χ0) is 18.1. The zero-order valence-electron chi connectivity index (χ0n) is 14.7. The summed E-state index contributed by atoms with van der Waals surface area (Å²) in [7, 11) is 0. The molecular weight excluding hydrogens is 356 g/mol. The summed E-state index contributed by atoms with van der Waals surface area (Å²) in [6.07, 6.45) is 3.37. The van der Waals surface area contributed by atoms with Crippen LogP contribution in [-0.4, -0.2) is 20.0 Å². The molecule has 0 fully saturated rings. The molecule has 0 saturated carbocycles. The molecule has 2 heterocycles. The topological polar surface area (TPSA) is 56.7 Å². The van der Waals surface area contributed by atoms with Crippen LogP contribution in [0.4, 0.5) is 0 Å². The smallest absolute Gasteiger partial charge is 0.277 e. The van der Waals surface area contributed by atoms with E-state index < -0.39 is 0 Å². The standard InChI is InChI=1S/C21H18N4OS/c1-3-8-15(9-4-1)20-22-23-21(26-20)27-14-18-17-12-7-13-19(17)25(24-18)16-10-5-2-6-11-16/h1-6,8-11H,7,12-14H2. The molecule has 2 aromatic heterocycles. The molecule has 0 radical (unpaired) electrons. The predicted molar refractivity (Wildman–Crippen MR) is 105 cm³/mol. The van der Waals surface area contributed by atoms with E-state index in [0.29, 0.717) is 11.1 Å². The Labute approximate surface area is 161 Å². The Morgan fingerprint density at radius 3 is 2.52 bits per heavy atom.